The zero-order valence-electron chi connectivity index (χ0n) is 19.6. The Morgan fingerprint density at radius 3 is 2.85 bits per heavy atom. The molecule has 0 saturated heterocycles. The fourth-order valence-electron chi connectivity index (χ4n) is 3.94. The first-order valence-electron chi connectivity index (χ1n) is 11.6. The van der Waals surface area contributed by atoms with E-state index in [0.29, 0.717) is 42.6 Å². The lowest BCUT2D eigenvalue weighted by atomic mass is 10.00. The standard InChI is InChI=1S/C26H32N4O3/c1-18-14-30(19(2)17-31)26(32)23-12-21(10-9-20-7-8-20)13-28-25(23)33-24(18)16-29(3)15-22-6-4-5-11-27-22/h4-6,11-13,18-20,24,31H,7-8,14-17H2,1-3H3/t18-,19-,24+/m1/s1. The van der Waals surface area contributed by atoms with Crippen LogP contribution in [0.1, 0.15) is 48.3 Å². The minimum absolute atomic E-state index is 0.0402. The third kappa shape index (κ3) is 5.89. The molecule has 1 aliphatic carbocycles. The van der Waals surface area contributed by atoms with Crippen LogP contribution in [-0.4, -0.2) is 69.7 Å². The zero-order chi connectivity index (χ0) is 23.4. The normalized spacial score (nSPS) is 21.4. The van der Waals surface area contributed by atoms with Crippen LogP contribution in [0, 0.1) is 23.7 Å². The van der Waals surface area contributed by atoms with E-state index in [0.717, 1.165) is 18.5 Å². The fourth-order valence-corrected chi connectivity index (χ4v) is 3.94. The largest absolute Gasteiger partial charge is 0.472 e. The van der Waals surface area contributed by atoms with Gasteiger partial charge < -0.3 is 14.7 Å². The van der Waals surface area contributed by atoms with Gasteiger partial charge in [0.05, 0.1) is 18.3 Å². The third-order valence-corrected chi connectivity index (χ3v) is 6.17. The molecule has 33 heavy (non-hydrogen) atoms. The summed E-state index contributed by atoms with van der Waals surface area (Å²) in [6.45, 7) is 5.66. The minimum atomic E-state index is -0.306. The molecular weight excluding hydrogens is 416 g/mol. The molecule has 0 radical (unpaired) electrons. The molecule has 3 heterocycles. The highest BCUT2D eigenvalue weighted by Gasteiger charge is 2.34. The lowest BCUT2D eigenvalue weighted by Gasteiger charge is -2.37. The van der Waals surface area contributed by atoms with Crippen molar-refractivity contribution in [3.05, 3.63) is 53.5 Å². The molecular formula is C26H32N4O3. The van der Waals surface area contributed by atoms with E-state index in [2.05, 4.69) is 33.6 Å². The van der Waals surface area contributed by atoms with E-state index < -0.39 is 0 Å². The second-order valence-electron chi connectivity index (χ2n) is 9.26. The minimum Gasteiger partial charge on any atom is -0.472 e. The van der Waals surface area contributed by atoms with Crippen LogP contribution < -0.4 is 4.74 Å². The molecule has 1 amide bonds. The van der Waals surface area contributed by atoms with Crippen molar-refractivity contribution in [2.75, 3.05) is 26.7 Å². The van der Waals surface area contributed by atoms with Gasteiger partial charge in [0.2, 0.25) is 5.88 Å². The summed E-state index contributed by atoms with van der Waals surface area (Å²) in [4.78, 5) is 26.3. The molecule has 4 rings (SSSR count). The van der Waals surface area contributed by atoms with Crippen LogP contribution in [0.4, 0.5) is 0 Å². The SMILES string of the molecule is C[C@@H]1CN([C@H](C)CO)C(=O)c2cc(C#CC3CC3)cnc2O[C@H]1CN(C)Cc1ccccn1. The first-order valence-corrected chi connectivity index (χ1v) is 11.6. The topological polar surface area (TPSA) is 78.8 Å². The molecule has 0 unspecified atom stereocenters. The van der Waals surface area contributed by atoms with Crippen LogP contribution in [0.2, 0.25) is 0 Å². The van der Waals surface area contributed by atoms with E-state index in [1.165, 1.54) is 0 Å². The van der Waals surface area contributed by atoms with E-state index in [9.17, 15) is 9.90 Å². The van der Waals surface area contributed by atoms with Crippen LogP contribution in [-0.2, 0) is 6.54 Å². The second-order valence-corrected chi connectivity index (χ2v) is 9.26. The Labute approximate surface area is 195 Å². The number of rotatable bonds is 6. The summed E-state index contributed by atoms with van der Waals surface area (Å²) in [5.41, 5.74) is 2.11. The van der Waals surface area contributed by atoms with Crippen LogP contribution in [0.15, 0.2) is 36.7 Å². The van der Waals surface area contributed by atoms with Crippen LogP contribution >= 0.6 is 0 Å². The number of nitrogens with zero attached hydrogens (tertiary/aromatic N) is 4. The number of carbonyl (C=O) groups excluding carboxylic acids is 1. The van der Waals surface area contributed by atoms with Gasteiger partial charge in [0.15, 0.2) is 0 Å². The number of ether oxygens (including phenoxy) is 1. The Bertz CT molecular complexity index is 1030. The maximum absolute atomic E-state index is 13.4. The van der Waals surface area contributed by atoms with E-state index in [1.54, 1.807) is 23.4 Å². The third-order valence-electron chi connectivity index (χ3n) is 6.17. The molecule has 2 aromatic rings. The first-order chi connectivity index (χ1) is 15.9. The lowest BCUT2D eigenvalue weighted by molar-refractivity contribution is 0.0324. The number of hydrogen-bond donors (Lipinski definition) is 1. The predicted octanol–water partition coefficient (Wildman–Crippen LogP) is 2.59. The maximum atomic E-state index is 13.4. The van der Waals surface area contributed by atoms with E-state index >= 15 is 0 Å². The number of aliphatic hydroxyl groups excluding tert-OH is 1. The van der Waals surface area contributed by atoms with Gasteiger partial charge in [-0.15, -0.1) is 0 Å². The molecule has 7 heteroatoms. The summed E-state index contributed by atoms with van der Waals surface area (Å²) in [6.07, 6.45) is 5.57. The summed E-state index contributed by atoms with van der Waals surface area (Å²) < 4.78 is 6.35. The van der Waals surface area contributed by atoms with Crippen molar-refractivity contribution in [1.29, 1.82) is 0 Å². The molecule has 1 saturated carbocycles. The van der Waals surface area contributed by atoms with Gasteiger partial charge in [-0.3, -0.25) is 14.7 Å². The summed E-state index contributed by atoms with van der Waals surface area (Å²) in [6, 6.07) is 7.36. The number of aromatic nitrogens is 2. The predicted molar refractivity (Wildman–Crippen MR) is 126 cm³/mol. The quantitative estimate of drug-likeness (QED) is 0.685. The van der Waals surface area contributed by atoms with Gasteiger partial charge in [-0.25, -0.2) is 4.98 Å². The van der Waals surface area contributed by atoms with E-state index in [1.807, 2.05) is 32.2 Å². The molecule has 0 bridgehead atoms. The highest BCUT2D eigenvalue weighted by atomic mass is 16.5. The van der Waals surface area contributed by atoms with Crippen molar-refractivity contribution in [2.45, 2.75) is 45.4 Å². The Morgan fingerprint density at radius 1 is 1.33 bits per heavy atom. The van der Waals surface area contributed by atoms with Crippen molar-refractivity contribution in [2.24, 2.45) is 11.8 Å². The smallest absolute Gasteiger partial charge is 0.259 e. The van der Waals surface area contributed by atoms with Crippen LogP contribution in [0.3, 0.4) is 0 Å². The molecule has 0 aromatic carbocycles. The number of amides is 1. The molecule has 174 valence electrons. The van der Waals surface area contributed by atoms with Crippen molar-refractivity contribution in [3.63, 3.8) is 0 Å². The zero-order valence-corrected chi connectivity index (χ0v) is 19.6. The number of aliphatic hydroxyl groups is 1. The summed E-state index contributed by atoms with van der Waals surface area (Å²) in [5.74, 6) is 7.02. The van der Waals surface area contributed by atoms with Gasteiger partial charge in [0.25, 0.3) is 5.91 Å². The average Bonchev–Trinajstić information content (AvgIpc) is 3.65. The number of fused-ring (bicyclic) bond motifs is 1. The lowest BCUT2D eigenvalue weighted by Crippen LogP contribution is -2.49. The Balaban J connectivity index is 1.60. The summed E-state index contributed by atoms with van der Waals surface area (Å²) in [7, 11) is 2.04. The maximum Gasteiger partial charge on any atom is 0.259 e. The van der Waals surface area contributed by atoms with Gasteiger partial charge >= 0.3 is 0 Å². The van der Waals surface area contributed by atoms with Crippen molar-refractivity contribution < 1.29 is 14.6 Å². The average molecular weight is 449 g/mol. The second kappa shape index (κ2) is 10.3. The van der Waals surface area contributed by atoms with E-state index in [-0.39, 0.29) is 30.6 Å². The number of hydrogen-bond acceptors (Lipinski definition) is 6. The Kier molecular flexibility index (Phi) is 7.26. The van der Waals surface area contributed by atoms with Crippen molar-refractivity contribution >= 4 is 5.91 Å². The molecule has 1 fully saturated rings. The Hall–Kier alpha value is -2.95. The van der Waals surface area contributed by atoms with Gasteiger partial charge in [0, 0.05) is 49.4 Å². The van der Waals surface area contributed by atoms with Crippen LogP contribution in [0.5, 0.6) is 5.88 Å². The molecule has 1 aliphatic heterocycles. The van der Waals surface area contributed by atoms with Gasteiger partial charge in [-0.05, 0) is 45.0 Å². The molecule has 2 aromatic heterocycles. The summed E-state index contributed by atoms with van der Waals surface area (Å²) in [5, 5.41) is 9.81. The van der Waals surface area contributed by atoms with Crippen molar-refractivity contribution in [3.8, 4) is 17.7 Å². The summed E-state index contributed by atoms with van der Waals surface area (Å²) >= 11 is 0. The number of carbonyl (C=O) groups is 1. The van der Waals surface area contributed by atoms with Gasteiger partial charge in [-0.2, -0.15) is 0 Å². The number of likely N-dealkylation sites (N-methyl/N-ethyl adjacent to an activating group) is 1. The molecule has 2 aliphatic rings. The van der Waals surface area contributed by atoms with Crippen LogP contribution in [0.25, 0.3) is 0 Å². The highest BCUT2D eigenvalue weighted by Crippen LogP contribution is 2.29. The molecule has 0 spiro atoms. The van der Waals surface area contributed by atoms with Gasteiger partial charge in [0.1, 0.15) is 11.7 Å². The monoisotopic (exact) mass is 448 g/mol. The van der Waals surface area contributed by atoms with Crippen molar-refractivity contribution in [1.82, 2.24) is 19.8 Å². The molecule has 1 N–H and O–H groups in total. The first kappa shape index (κ1) is 23.2. The number of pyridine rings is 2. The molecule has 3 atom stereocenters. The molecule has 7 nitrogen and oxygen atoms in total. The highest BCUT2D eigenvalue weighted by molar-refractivity contribution is 5.97. The van der Waals surface area contributed by atoms with E-state index in [4.69, 9.17) is 4.74 Å². The fraction of sp³-hybridized carbons (Fsp3) is 0.500. The Morgan fingerprint density at radius 2 is 2.15 bits per heavy atom. The van der Waals surface area contributed by atoms with Gasteiger partial charge in [-0.1, -0.05) is 24.8 Å².